The SMILES string of the molecule is CCC12CC3CC(CC(C3)C1(CC)OC(=O)/C=C/C(=O)O)C2. The number of aliphatic carboxylic acids is 1. The predicted molar refractivity (Wildman–Crippen MR) is 82.2 cm³/mol. The first kappa shape index (κ1) is 15.6. The maximum Gasteiger partial charge on any atom is 0.331 e. The van der Waals surface area contributed by atoms with Crippen LogP contribution in [-0.2, 0) is 14.3 Å². The molecule has 0 radical (unpaired) electrons. The van der Waals surface area contributed by atoms with Gasteiger partial charge in [0.15, 0.2) is 0 Å². The molecular weight excluding hydrogens is 280 g/mol. The topological polar surface area (TPSA) is 63.6 Å². The van der Waals surface area contributed by atoms with Crippen LogP contribution in [0.4, 0.5) is 0 Å². The third kappa shape index (κ3) is 2.19. The fraction of sp³-hybridized carbons (Fsp3) is 0.778. The smallest absolute Gasteiger partial charge is 0.331 e. The summed E-state index contributed by atoms with van der Waals surface area (Å²) < 4.78 is 6.02. The number of hydrogen-bond acceptors (Lipinski definition) is 3. The van der Waals surface area contributed by atoms with E-state index in [1.54, 1.807) is 0 Å². The molecule has 4 aliphatic rings. The molecule has 3 unspecified atom stereocenters. The third-order valence-electron chi connectivity index (χ3n) is 6.67. The van der Waals surface area contributed by atoms with Crippen LogP contribution in [0.3, 0.4) is 0 Å². The summed E-state index contributed by atoms with van der Waals surface area (Å²) in [5.74, 6) is 0.434. The van der Waals surface area contributed by atoms with Gasteiger partial charge in [-0.25, -0.2) is 9.59 Å². The monoisotopic (exact) mass is 306 g/mol. The summed E-state index contributed by atoms with van der Waals surface area (Å²) in [7, 11) is 0. The zero-order valence-electron chi connectivity index (χ0n) is 13.5. The van der Waals surface area contributed by atoms with Crippen LogP contribution in [0, 0.1) is 23.2 Å². The van der Waals surface area contributed by atoms with Gasteiger partial charge in [-0.1, -0.05) is 13.8 Å². The molecule has 0 aromatic rings. The number of esters is 1. The summed E-state index contributed by atoms with van der Waals surface area (Å²) in [5.41, 5.74) is -0.293. The molecule has 0 aromatic carbocycles. The van der Waals surface area contributed by atoms with E-state index in [4.69, 9.17) is 9.84 Å². The lowest BCUT2D eigenvalue weighted by Gasteiger charge is -2.66. The molecule has 3 atom stereocenters. The van der Waals surface area contributed by atoms with Gasteiger partial charge in [0.2, 0.25) is 0 Å². The molecule has 22 heavy (non-hydrogen) atoms. The quantitative estimate of drug-likeness (QED) is 0.623. The van der Waals surface area contributed by atoms with Gasteiger partial charge in [-0.05, 0) is 62.7 Å². The van der Waals surface area contributed by atoms with E-state index in [9.17, 15) is 9.59 Å². The molecular formula is C18H26O4. The number of rotatable bonds is 5. The number of carboxylic acid groups (broad SMARTS) is 1. The first-order valence-electron chi connectivity index (χ1n) is 8.58. The van der Waals surface area contributed by atoms with E-state index in [0.717, 1.165) is 36.8 Å². The zero-order chi connectivity index (χ0) is 16.0. The Morgan fingerprint density at radius 2 is 1.73 bits per heavy atom. The van der Waals surface area contributed by atoms with E-state index in [1.807, 2.05) is 0 Å². The molecule has 0 heterocycles. The van der Waals surface area contributed by atoms with Crippen molar-refractivity contribution in [2.24, 2.45) is 23.2 Å². The Balaban J connectivity index is 1.90. The Hall–Kier alpha value is -1.32. The second-order valence-electron chi connectivity index (χ2n) is 7.51. The number of carbonyl (C=O) groups is 2. The molecule has 1 N–H and O–H groups in total. The average Bonchev–Trinajstić information content (AvgIpc) is 2.48. The number of ether oxygens (including phenoxy) is 1. The zero-order valence-corrected chi connectivity index (χ0v) is 13.5. The van der Waals surface area contributed by atoms with Crippen LogP contribution in [0.1, 0.15) is 58.8 Å². The number of hydrogen-bond donors (Lipinski definition) is 1. The van der Waals surface area contributed by atoms with Gasteiger partial charge < -0.3 is 9.84 Å². The predicted octanol–water partition coefficient (Wildman–Crippen LogP) is 3.56. The first-order valence-corrected chi connectivity index (χ1v) is 8.58. The summed E-state index contributed by atoms with van der Waals surface area (Å²) in [4.78, 5) is 22.8. The molecule has 0 saturated heterocycles. The van der Waals surface area contributed by atoms with Crippen molar-refractivity contribution in [1.29, 1.82) is 0 Å². The maximum atomic E-state index is 12.2. The Morgan fingerprint density at radius 1 is 1.09 bits per heavy atom. The molecule has 0 spiro atoms. The fourth-order valence-electron chi connectivity index (χ4n) is 6.11. The molecule has 4 heteroatoms. The molecule has 0 amide bonds. The molecule has 4 nitrogen and oxygen atoms in total. The molecule has 4 bridgehead atoms. The van der Waals surface area contributed by atoms with E-state index < -0.39 is 17.5 Å². The Bertz CT molecular complexity index is 495. The molecule has 4 aliphatic carbocycles. The van der Waals surface area contributed by atoms with Crippen molar-refractivity contribution in [3.05, 3.63) is 12.2 Å². The van der Waals surface area contributed by atoms with Crippen LogP contribution < -0.4 is 0 Å². The minimum absolute atomic E-state index is 0.100. The van der Waals surface area contributed by atoms with Crippen LogP contribution in [0.5, 0.6) is 0 Å². The van der Waals surface area contributed by atoms with Crippen molar-refractivity contribution in [1.82, 2.24) is 0 Å². The molecule has 4 rings (SSSR count). The van der Waals surface area contributed by atoms with Crippen LogP contribution in [0.15, 0.2) is 12.2 Å². The maximum absolute atomic E-state index is 12.2. The Morgan fingerprint density at radius 3 is 2.23 bits per heavy atom. The van der Waals surface area contributed by atoms with Gasteiger partial charge in [-0.15, -0.1) is 0 Å². The highest BCUT2D eigenvalue weighted by Crippen LogP contribution is 2.68. The lowest BCUT2D eigenvalue weighted by molar-refractivity contribution is -0.246. The second kappa shape index (κ2) is 5.39. The number of carboxylic acids is 1. The number of carbonyl (C=O) groups excluding carboxylic acids is 1. The summed E-state index contributed by atoms with van der Waals surface area (Å²) in [5, 5.41) is 8.69. The van der Waals surface area contributed by atoms with Crippen molar-refractivity contribution in [3.63, 3.8) is 0 Å². The lowest BCUT2D eigenvalue weighted by Crippen LogP contribution is -2.65. The summed E-state index contributed by atoms with van der Waals surface area (Å²) in [6.07, 6.45) is 9.84. The van der Waals surface area contributed by atoms with Crippen molar-refractivity contribution in [3.8, 4) is 0 Å². The first-order chi connectivity index (χ1) is 10.4. The van der Waals surface area contributed by atoms with Crippen molar-refractivity contribution in [2.45, 2.75) is 64.4 Å². The minimum atomic E-state index is -1.11. The van der Waals surface area contributed by atoms with Crippen molar-refractivity contribution >= 4 is 11.9 Å². The highest BCUT2D eigenvalue weighted by atomic mass is 16.6. The summed E-state index contributed by atoms with van der Waals surface area (Å²) in [6.45, 7) is 4.34. The molecule has 0 aromatic heterocycles. The third-order valence-corrected chi connectivity index (χ3v) is 6.67. The Labute approximate surface area is 131 Å². The standard InChI is InChI=1S/C18H26O4/c1-3-17-10-12-7-13(11-17)9-14(8-12)18(17,4-2)22-16(21)6-5-15(19)20/h5-6,12-14H,3-4,7-11H2,1-2H3,(H,19,20)/b6-5+. The van der Waals surface area contributed by atoms with E-state index in [2.05, 4.69) is 13.8 Å². The average molecular weight is 306 g/mol. The van der Waals surface area contributed by atoms with Crippen LogP contribution in [0.25, 0.3) is 0 Å². The summed E-state index contributed by atoms with van der Waals surface area (Å²) in [6, 6.07) is 0. The normalized spacial score (nSPS) is 42.7. The van der Waals surface area contributed by atoms with Gasteiger partial charge >= 0.3 is 11.9 Å². The molecule has 122 valence electrons. The van der Waals surface area contributed by atoms with Gasteiger partial charge in [-0.2, -0.15) is 0 Å². The molecule has 4 fully saturated rings. The van der Waals surface area contributed by atoms with Crippen molar-refractivity contribution < 1.29 is 19.4 Å². The van der Waals surface area contributed by atoms with Gasteiger partial charge in [0.25, 0.3) is 0 Å². The van der Waals surface area contributed by atoms with E-state index >= 15 is 0 Å². The van der Waals surface area contributed by atoms with Crippen LogP contribution >= 0.6 is 0 Å². The van der Waals surface area contributed by atoms with Crippen molar-refractivity contribution in [2.75, 3.05) is 0 Å². The fourth-order valence-corrected chi connectivity index (χ4v) is 6.11. The van der Waals surface area contributed by atoms with Gasteiger partial charge in [-0.3, -0.25) is 0 Å². The highest BCUT2D eigenvalue weighted by Gasteiger charge is 2.65. The van der Waals surface area contributed by atoms with Gasteiger partial charge in [0.1, 0.15) is 5.60 Å². The largest absolute Gasteiger partial charge is 0.478 e. The van der Waals surface area contributed by atoms with Gasteiger partial charge in [0, 0.05) is 17.6 Å². The second-order valence-corrected chi connectivity index (χ2v) is 7.51. The minimum Gasteiger partial charge on any atom is -0.478 e. The molecule has 0 aliphatic heterocycles. The lowest BCUT2D eigenvalue weighted by atomic mass is 9.42. The molecule has 4 saturated carbocycles. The Kier molecular flexibility index (Phi) is 3.82. The van der Waals surface area contributed by atoms with E-state index in [1.165, 1.54) is 32.1 Å². The van der Waals surface area contributed by atoms with Gasteiger partial charge in [0.05, 0.1) is 0 Å². The van der Waals surface area contributed by atoms with Crippen LogP contribution in [-0.4, -0.2) is 22.6 Å². The van der Waals surface area contributed by atoms with E-state index in [-0.39, 0.29) is 5.41 Å². The van der Waals surface area contributed by atoms with Crippen LogP contribution in [0.2, 0.25) is 0 Å². The summed E-state index contributed by atoms with van der Waals surface area (Å²) >= 11 is 0. The highest BCUT2D eigenvalue weighted by molar-refractivity contribution is 5.91. The van der Waals surface area contributed by atoms with E-state index in [0.29, 0.717) is 5.92 Å².